The van der Waals surface area contributed by atoms with Gasteiger partial charge in [-0.2, -0.15) is 0 Å². The summed E-state index contributed by atoms with van der Waals surface area (Å²) in [6.45, 7) is 15.8. The van der Waals surface area contributed by atoms with Crippen molar-refractivity contribution < 1.29 is 4.90 Å². The molecule has 0 bridgehead atoms. The Bertz CT molecular complexity index is 257. The molecular weight excluding hydrogens is 398 g/mol. The van der Waals surface area contributed by atoms with E-state index in [0.29, 0.717) is 0 Å². The van der Waals surface area contributed by atoms with Gasteiger partial charge in [0.25, 0.3) is 0 Å². The Morgan fingerprint density at radius 1 is 0.242 bits per heavy atom. The fourth-order valence-corrected chi connectivity index (χ4v) is 4.69. The predicted molar refractivity (Wildman–Crippen MR) is 155 cm³/mol. The second-order valence-corrected chi connectivity index (χ2v) is 10.7. The lowest BCUT2D eigenvalue weighted by molar-refractivity contribution is -0.900. The first kappa shape index (κ1) is 35.1. The van der Waals surface area contributed by atoms with Gasteiger partial charge in [0.2, 0.25) is 0 Å². The number of unbranched alkanes of at least 4 members (excludes halogenated alkanes) is 20. The average molecular weight is 469 g/mol. The Balaban J connectivity index is 0. The molecule has 1 heteroatoms. The van der Waals surface area contributed by atoms with Crippen molar-refractivity contribution in [2.75, 3.05) is 19.6 Å². The highest BCUT2D eigenvalue weighted by atomic mass is 15.1. The predicted octanol–water partition coefficient (Wildman–Crippen LogP) is 10.3. The summed E-state index contributed by atoms with van der Waals surface area (Å²) in [6.07, 6.45) is 34.5. The molecule has 0 saturated heterocycles. The molecule has 0 aliphatic heterocycles. The zero-order valence-electron chi connectivity index (χ0n) is 24.6. The number of nitrogens with one attached hydrogen (secondary N) is 1. The zero-order chi connectivity index (χ0) is 24.7. The molecule has 33 heavy (non-hydrogen) atoms. The fourth-order valence-electron chi connectivity index (χ4n) is 4.69. The molecule has 0 aliphatic rings. The SMILES string of the molecule is CCCCCCCC.CCCCCCCC[NH+](CCCCCCCC)CCCCCCCC. The van der Waals surface area contributed by atoms with Crippen LogP contribution in [0.4, 0.5) is 0 Å². The summed E-state index contributed by atoms with van der Waals surface area (Å²) < 4.78 is 0. The molecule has 0 rings (SSSR count). The Labute approximate surface area is 213 Å². The number of quaternary nitrogens is 1. The van der Waals surface area contributed by atoms with Crippen LogP contribution in [0.1, 0.15) is 189 Å². The molecule has 0 aromatic carbocycles. The molecule has 0 aliphatic carbocycles. The van der Waals surface area contributed by atoms with Crippen LogP contribution in [0.5, 0.6) is 0 Å². The Hall–Kier alpha value is -0.0400. The largest absolute Gasteiger partial charge is 0.335 e. The minimum atomic E-state index is 1.36. The molecule has 0 atom stereocenters. The lowest BCUT2D eigenvalue weighted by Crippen LogP contribution is -3.12. The van der Waals surface area contributed by atoms with E-state index in [0.717, 1.165) is 0 Å². The summed E-state index contributed by atoms with van der Waals surface area (Å²) in [4.78, 5) is 1.92. The third-order valence-corrected chi connectivity index (χ3v) is 7.11. The normalized spacial score (nSPS) is 11.1. The van der Waals surface area contributed by atoms with Gasteiger partial charge in [0.1, 0.15) is 0 Å². The van der Waals surface area contributed by atoms with Gasteiger partial charge in [-0.15, -0.1) is 0 Å². The van der Waals surface area contributed by atoms with Crippen molar-refractivity contribution >= 4 is 0 Å². The lowest BCUT2D eigenvalue weighted by Gasteiger charge is -2.19. The number of hydrogen-bond acceptors (Lipinski definition) is 0. The van der Waals surface area contributed by atoms with Gasteiger partial charge in [0.15, 0.2) is 0 Å². The molecule has 1 nitrogen and oxygen atoms in total. The first-order valence-electron chi connectivity index (χ1n) is 16.1. The summed E-state index contributed by atoms with van der Waals surface area (Å²) in [5.74, 6) is 0. The van der Waals surface area contributed by atoms with Crippen molar-refractivity contribution in [3.05, 3.63) is 0 Å². The van der Waals surface area contributed by atoms with E-state index in [-0.39, 0.29) is 0 Å². The first-order valence-corrected chi connectivity index (χ1v) is 16.1. The van der Waals surface area contributed by atoms with E-state index in [1.165, 1.54) is 174 Å². The quantitative estimate of drug-likeness (QED) is 0.120. The highest BCUT2D eigenvalue weighted by Gasteiger charge is 2.08. The third kappa shape index (κ3) is 34.2. The van der Waals surface area contributed by atoms with Crippen molar-refractivity contribution in [2.24, 2.45) is 0 Å². The fraction of sp³-hybridized carbons (Fsp3) is 1.00. The van der Waals surface area contributed by atoms with Gasteiger partial charge < -0.3 is 4.90 Å². The van der Waals surface area contributed by atoms with Gasteiger partial charge in [-0.25, -0.2) is 0 Å². The minimum absolute atomic E-state index is 1.36. The molecule has 1 N–H and O–H groups in total. The molecule has 0 amide bonds. The van der Waals surface area contributed by atoms with Gasteiger partial charge in [0.05, 0.1) is 19.6 Å². The van der Waals surface area contributed by atoms with Crippen molar-refractivity contribution in [1.82, 2.24) is 0 Å². The lowest BCUT2D eigenvalue weighted by atomic mass is 10.1. The standard InChI is InChI=1S/C24H51N.C8H18/c1-4-7-10-13-16-19-22-25(23-20-17-14-11-8-5-2)24-21-18-15-12-9-6-3;1-3-5-7-8-6-4-2/h4-24H2,1-3H3;3-8H2,1-2H3/p+1. The number of hydrogen-bond donors (Lipinski definition) is 1. The molecule has 0 fully saturated rings. The van der Waals surface area contributed by atoms with Crippen LogP contribution in [0, 0.1) is 0 Å². The summed E-state index contributed by atoms with van der Waals surface area (Å²) in [7, 11) is 0. The Morgan fingerprint density at radius 2 is 0.424 bits per heavy atom. The molecule has 0 aromatic heterocycles. The van der Waals surface area contributed by atoms with Crippen LogP contribution in [0.25, 0.3) is 0 Å². The molecule has 0 spiro atoms. The number of rotatable bonds is 26. The molecule has 0 unspecified atom stereocenters. The van der Waals surface area contributed by atoms with Crippen molar-refractivity contribution in [1.29, 1.82) is 0 Å². The van der Waals surface area contributed by atoms with E-state index in [2.05, 4.69) is 34.6 Å². The van der Waals surface area contributed by atoms with E-state index >= 15 is 0 Å². The van der Waals surface area contributed by atoms with Gasteiger partial charge >= 0.3 is 0 Å². The summed E-state index contributed by atoms with van der Waals surface area (Å²) in [5.41, 5.74) is 0. The first-order chi connectivity index (χ1) is 16.3. The topological polar surface area (TPSA) is 4.44 Å². The molecule has 0 aromatic rings. The Kier molecular flexibility index (Phi) is 36.3. The maximum absolute atomic E-state index is 2.31. The zero-order valence-corrected chi connectivity index (χ0v) is 24.6. The van der Waals surface area contributed by atoms with E-state index in [9.17, 15) is 0 Å². The van der Waals surface area contributed by atoms with E-state index < -0.39 is 0 Å². The van der Waals surface area contributed by atoms with Crippen LogP contribution in [0.15, 0.2) is 0 Å². The van der Waals surface area contributed by atoms with Crippen LogP contribution in [0.2, 0.25) is 0 Å². The van der Waals surface area contributed by atoms with Crippen LogP contribution in [-0.4, -0.2) is 19.6 Å². The van der Waals surface area contributed by atoms with Crippen LogP contribution < -0.4 is 4.90 Å². The highest BCUT2D eigenvalue weighted by molar-refractivity contribution is 4.47. The van der Waals surface area contributed by atoms with Gasteiger partial charge in [-0.3, -0.25) is 0 Å². The van der Waals surface area contributed by atoms with Gasteiger partial charge in [-0.05, 0) is 38.5 Å². The van der Waals surface area contributed by atoms with Crippen molar-refractivity contribution in [3.63, 3.8) is 0 Å². The molecule has 202 valence electrons. The Morgan fingerprint density at radius 3 is 0.636 bits per heavy atom. The minimum Gasteiger partial charge on any atom is -0.335 e. The van der Waals surface area contributed by atoms with E-state index in [1.807, 2.05) is 4.90 Å². The van der Waals surface area contributed by atoms with E-state index in [4.69, 9.17) is 0 Å². The van der Waals surface area contributed by atoms with Crippen LogP contribution in [-0.2, 0) is 0 Å². The molecule has 0 saturated carbocycles. The maximum Gasteiger partial charge on any atom is 0.0770 e. The smallest absolute Gasteiger partial charge is 0.0770 e. The highest BCUT2D eigenvalue weighted by Crippen LogP contribution is 2.06. The third-order valence-electron chi connectivity index (χ3n) is 7.11. The van der Waals surface area contributed by atoms with Crippen LogP contribution >= 0.6 is 0 Å². The molecular formula is C32H70N+. The van der Waals surface area contributed by atoms with Crippen molar-refractivity contribution in [2.45, 2.75) is 189 Å². The maximum atomic E-state index is 2.31. The second kappa shape index (κ2) is 34.1. The van der Waals surface area contributed by atoms with Crippen molar-refractivity contribution in [3.8, 4) is 0 Å². The molecule has 0 radical (unpaired) electrons. The summed E-state index contributed by atoms with van der Waals surface area (Å²) >= 11 is 0. The summed E-state index contributed by atoms with van der Waals surface area (Å²) in [6, 6.07) is 0. The molecule has 0 heterocycles. The summed E-state index contributed by atoms with van der Waals surface area (Å²) in [5, 5.41) is 0. The monoisotopic (exact) mass is 469 g/mol. The van der Waals surface area contributed by atoms with Gasteiger partial charge in [-0.1, -0.05) is 150 Å². The van der Waals surface area contributed by atoms with Gasteiger partial charge in [0, 0.05) is 0 Å². The second-order valence-electron chi connectivity index (χ2n) is 10.7. The van der Waals surface area contributed by atoms with Crippen LogP contribution in [0.3, 0.4) is 0 Å². The average Bonchev–Trinajstić information content (AvgIpc) is 2.83. The van der Waals surface area contributed by atoms with E-state index in [1.54, 1.807) is 0 Å².